The number of hydrogen-bond donors (Lipinski definition) is 1. The molecule has 0 bridgehead atoms. The molecule has 1 N–H and O–H groups in total. The predicted molar refractivity (Wildman–Crippen MR) is 161 cm³/mol. The van der Waals surface area contributed by atoms with Gasteiger partial charge in [-0.3, -0.25) is 14.7 Å². The van der Waals surface area contributed by atoms with Crippen LogP contribution in [-0.4, -0.2) is 136 Å². The zero-order valence-corrected chi connectivity index (χ0v) is 28.7. The Hall–Kier alpha value is -2.17. The Bertz CT molecular complexity index is 855. The van der Waals surface area contributed by atoms with E-state index >= 15 is 0 Å². The van der Waals surface area contributed by atoms with Gasteiger partial charge in [-0.1, -0.05) is 20.8 Å². The van der Waals surface area contributed by atoms with Crippen LogP contribution in [0.5, 0.6) is 0 Å². The Morgan fingerprint density at radius 1 is 0.600 bits per heavy atom. The van der Waals surface area contributed by atoms with Gasteiger partial charge in [0.15, 0.2) is 10.1 Å². The molecule has 20 heteroatoms. The second kappa shape index (κ2) is 26.0. The van der Waals surface area contributed by atoms with Crippen molar-refractivity contribution in [1.29, 1.82) is 0 Å². The molecule has 0 unspecified atom stereocenters. The number of halogens is 3. The summed E-state index contributed by atoms with van der Waals surface area (Å²) in [4.78, 5) is 20.5. The van der Waals surface area contributed by atoms with Gasteiger partial charge < -0.3 is 37.9 Å². The minimum Gasteiger partial charge on any atom is -0.741 e. The molecule has 1 rings (SSSR count). The van der Waals surface area contributed by atoms with E-state index in [9.17, 15) is 13.2 Å². The third-order valence-electron chi connectivity index (χ3n) is 5.25. The summed E-state index contributed by atoms with van der Waals surface area (Å²) in [6, 6.07) is 0. The van der Waals surface area contributed by atoms with Crippen LogP contribution in [0.1, 0.15) is 40.0 Å². The number of anilines is 3. The fourth-order valence-corrected chi connectivity index (χ4v) is 3.60. The Balaban J connectivity index is 0. The molecular formula is C25H52F3N7O9S. The number of quaternary nitrogens is 1. The summed E-state index contributed by atoms with van der Waals surface area (Å²) in [6.07, 6.45) is 3.99. The summed E-state index contributed by atoms with van der Waals surface area (Å²) in [7, 11) is 3.39. The van der Waals surface area contributed by atoms with E-state index in [0.29, 0.717) is 17.8 Å². The number of nitrogens with one attached hydrogen (secondary N) is 1. The lowest BCUT2D eigenvalue weighted by atomic mass is 10.3. The zero-order valence-electron chi connectivity index (χ0n) is 27.9. The highest BCUT2D eigenvalue weighted by atomic mass is 32.2. The Morgan fingerprint density at radius 2 is 0.800 bits per heavy atom. The average molecular weight is 684 g/mol. The van der Waals surface area contributed by atoms with E-state index in [1.807, 2.05) is 0 Å². The lowest BCUT2D eigenvalue weighted by molar-refractivity contribution is -0.900. The number of methoxy groups -OCH3 is 6. The van der Waals surface area contributed by atoms with Crippen LogP contribution in [0.15, 0.2) is 0 Å². The van der Waals surface area contributed by atoms with Gasteiger partial charge in [0, 0.05) is 42.7 Å². The van der Waals surface area contributed by atoms with E-state index < -0.39 is 15.6 Å². The predicted octanol–water partition coefficient (Wildman–Crippen LogP) is 1.07. The van der Waals surface area contributed by atoms with E-state index in [4.69, 9.17) is 41.4 Å². The second-order valence-corrected chi connectivity index (χ2v) is 10.6. The molecule has 0 aromatic carbocycles. The first kappa shape index (κ1) is 45.0. The highest BCUT2D eigenvalue weighted by Crippen LogP contribution is 2.21. The molecule has 1 heterocycles. The molecule has 0 saturated heterocycles. The average Bonchev–Trinajstić information content (AvgIpc) is 2.97. The van der Waals surface area contributed by atoms with Gasteiger partial charge >= 0.3 is 5.51 Å². The largest absolute Gasteiger partial charge is 0.741 e. The van der Waals surface area contributed by atoms with Crippen LogP contribution in [0.25, 0.3) is 0 Å². The van der Waals surface area contributed by atoms with Crippen molar-refractivity contribution in [2.24, 2.45) is 0 Å². The van der Waals surface area contributed by atoms with Crippen LogP contribution >= 0.6 is 0 Å². The monoisotopic (exact) mass is 683 g/mol. The van der Waals surface area contributed by atoms with Crippen molar-refractivity contribution in [2.75, 3.05) is 117 Å². The third-order valence-corrected chi connectivity index (χ3v) is 5.82. The van der Waals surface area contributed by atoms with E-state index in [-0.39, 0.29) is 40.4 Å². The molecule has 0 aliphatic carbocycles. The molecule has 0 spiro atoms. The van der Waals surface area contributed by atoms with Crippen molar-refractivity contribution >= 4 is 28.0 Å². The minimum absolute atomic E-state index is 0.236. The molecule has 0 aliphatic heterocycles. The molecule has 0 atom stereocenters. The van der Waals surface area contributed by atoms with Gasteiger partial charge in [-0.05, 0) is 19.3 Å². The molecule has 0 amide bonds. The van der Waals surface area contributed by atoms with E-state index in [2.05, 4.69) is 35.7 Å². The fraction of sp³-hybridized carbons (Fsp3) is 0.880. The van der Waals surface area contributed by atoms with Crippen molar-refractivity contribution in [2.45, 2.75) is 45.5 Å². The Labute approximate surface area is 265 Å². The molecule has 0 radical (unpaired) electrons. The van der Waals surface area contributed by atoms with Crippen molar-refractivity contribution in [3.05, 3.63) is 0 Å². The van der Waals surface area contributed by atoms with Crippen LogP contribution in [0.3, 0.4) is 0 Å². The molecule has 0 aliphatic rings. The van der Waals surface area contributed by atoms with Gasteiger partial charge in [0.2, 0.25) is 17.8 Å². The normalized spacial score (nSPS) is 11.4. The van der Waals surface area contributed by atoms with Gasteiger partial charge in [0.25, 0.3) is 0 Å². The van der Waals surface area contributed by atoms with E-state index in [0.717, 1.165) is 0 Å². The topological polar surface area (TPSA) is 165 Å². The van der Waals surface area contributed by atoms with Crippen molar-refractivity contribution < 1.29 is 59.5 Å². The van der Waals surface area contributed by atoms with E-state index in [1.165, 1.54) is 38.9 Å². The number of alkyl halides is 3. The van der Waals surface area contributed by atoms with Crippen LogP contribution in [0.4, 0.5) is 31.0 Å². The number of rotatable bonds is 21. The Morgan fingerprint density at radius 3 is 0.933 bits per heavy atom. The van der Waals surface area contributed by atoms with Gasteiger partial charge in [0.1, 0.15) is 40.4 Å². The first-order valence-corrected chi connectivity index (χ1v) is 15.5. The smallest absolute Gasteiger partial charge is 0.485 e. The first-order valence-electron chi connectivity index (χ1n) is 14.0. The first-order chi connectivity index (χ1) is 21.2. The minimum atomic E-state index is -6.09. The number of aromatic nitrogens is 3. The highest BCUT2D eigenvalue weighted by molar-refractivity contribution is 7.86. The van der Waals surface area contributed by atoms with Crippen LogP contribution in [0.2, 0.25) is 0 Å². The number of ether oxygens (including phenoxy) is 6. The second-order valence-electron chi connectivity index (χ2n) is 9.26. The quantitative estimate of drug-likeness (QED) is 0.111. The highest BCUT2D eigenvalue weighted by Gasteiger charge is 2.37. The molecule has 45 heavy (non-hydrogen) atoms. The lowest BCUT2D eigenvalue weighted by Gasteiger charge is -2.27. The molecule has 0 fully saturated rings. The molecule has 0 saturated carbocycles. The van der Waals surface area contributed by atoms with Crippen molar-refractivity contribution in [1.82, 2.24) is 15.0 Å². The SMILES string of the molecule is CCC[NH+](CCC)CCC.COCN(COC)c1nc(N(COC)COC)nc(N(COC)COC)n1.O=S(=O)([O-])C(F)(F)F. The number of nitrogens with zero attached hydrogens (tertiary/aromatic N) is 6. The van der Waals surface area contributed by atoms with Gasteiger partial charge in [0.05, 0.1) is 19.6 Å². The molecular weight excluding hydrogens is 631 g/mol. The zero-order chi connectivity index (χ0) is 34.9. The van der Waals surface area contributed by atoms with Gasteiger partial charge in [-0.15, -0.1) is 0 Å². The van der Waals surface area contributed by atoms with E-state index in [1.54, 1.807) is 62.3 Å². The standard InChI is InChI=1S/C15H30N6O6.C9H21N.CHF3O3S/c1-22-7-19(8-23-2)13-16-14(20(9-24-3)10-25-4)18-15(17-13)21(11-26-5)12-27-6;1-4-7-10(8-5-2)9-6-3;2-1(3,4)8(5,6)7/h7-12H2,1-6H3;4-9H2,1-3H3;(H,5,6,7). The summed E-state index contributed by atoms with van der Waals surface area (Å²) < 4.78 is 90.2. The van der Waals surface area contributed by atoms with Crippen LogP contribution < -0.4 is 19.6 Å². The van der Waals surface area contributed by atoms with Crippen LogP contribution in [-0.2, 0) is 38.5 Å². The molecule has 1 aromatic rings. The third kappa shape index (κ3) is 19.8. The molecule has 1 aromatic heterocycles. The van der Waals surface area contributed by atoms with Crippen molar-refractivity contribution in [3.8, 4) is 0 Å². The van der Waals surface area contributed by atoms with Crippen LogP contribution in [0, 0.1) is 0 Å². The van der Waals surface area contributed by atoms with Crippen molar-refractivity contribution in [3.63, 3.8) is 0 Å². The van der Waals surface area contributed by atoms with Gasteiger partial charge in [-0.2, -0.15) is 28.1 Å². The number of hydrogen-bond acceptors (Lipinski definition) is 15. The molecule has 16 nitrogen and oxygen atoms in total. The lowest BCUT2D eigenvalue weighted by Crippen LogP contribution is -3.11. The summed E-state index contributed by atoms with van der Waals surface area (Å²) >= 11 is 0. The maximum atomic E-state index is 10.7. The van der Waals surface area contributed by atoms with Gasteiger partial charge in [-0.25, -0.2) is 8.42 Å². The summed E-state index contributed by atoms with van der Waals surface area (Å²) in [5.74, 6) is 1.11. The molecule has 268 valence electrons. The Kier molecular flexibility index (Phi) is 25.9. The summed E-state index contributed by atoms with van der Waals surface area (Å²) in [5, 5.41) is 0. The maximum absolute atomic E-state index is 10.7. The summed E-state index contributed by atoms with van der Waals surface area (Å²) in [6.45, 7) is 12.3. The maximum Gasteiger partial charge on any atom is 0.485 e. The summed E-state index contributed by atoms with van der Waals surface area (Å²) in [5.41, 5.74) is -5.65. The fourth-order valence-electron chi connectivity index (χ4n) is 3.60.